The van der Waals surface area contributed by atoms with Crippen LogP contribution in [0.25, 0.3) is 10.9 Å². The third-order valence-electron chi connectivity index (χ3n) is 3.84. The van der Waals surface area contributed by atoms with Crippen molar-refractivity contribution in [2.24, 2.45) is 0 Å². The van der Waals surface area contributed by atoms with E-state index in [2.05, 4.69) is 10.3 Å². The van der Waals surface area contributed by atoms with Gasteiger partial charge in [-0.15, -0.1) is 0 Å². The lowest BCUT2D eigenvalue weighted by Crippen LogP contribution is -2.14. The number of methoxy groups -OCH3 is 1. The SMILES string of the molecule is COc1ccc(CC(=O)Nc2ccc3cc(C)c(=O)[nH]c3c2)cc1. The Morgan fingerprint density at radius 1 is 1.12 bits per heavy atom. The largest absolute Gasteiger partial charge is 0.497 e. The summed E-state index contributed by atoms with van der Waals surface area (Å²) in [5, 5.41) is 3.78. The predicted octanol–water partition coefficient (Wildman–Crippen LogP) is 3.03. The third-order valence-corrected chi connectivity index (χ3v) is 3.84. The van der Waals surface area contributed by atoms with Gasteiger partial charge in [-0.05, 0) is 48.2 Å². The van der Waals surface area contributed by atoms with Gasteiger partial charge in [0.25, 0.3) is 5.56 Å². The lowest BCUT2D eigenvalue weighted by Gasteiger charge is -2.08. The van der Waals surface area contributed by atoms with Crippen molar-refractivity contribution in [2.75, 3.05) is 12.4 Å². The third kappa shape index (κ3) is 3.46. The van der Waals surface area contributed by atoms with Gasteiger partial charge in [-0.3, -0.25) is 9.59 Å². The van der Waals surface area contributed by atoms with Gasteiger partial charge in [-0.1, -0.05) is 18.2 Å². The smallest absolute Gasteiger partial charge is 0.251 e. The standard InChI is InChI=1S/C19H18N2O3/c1-12-9-14-5-6-15(11-17(14)21-19(12)23)20-18(22)10-13-3-7-16(24-2)8-4-13/h3-9,11H,10H2,1-2H3,(H,20,22)(H,21,23). The molecule has 0 aliphatic carbocycles. The van der Waals surface area contributed by atoms with Crippen LogP contribution in [-0.4, -0.2) is 18.0 Å². The number of hydrogen-bond donors (Lipinski definition) is 2. The normalized spacial score (nSPS) is 10.6. The number of aromatic amines is 1. The topological polar surface area (TPSA) is 71.2 Å². The van der Waals surface area contributed by atoms with Crippen LogP contribution in [0.2, 0.25) is 0 Å². The molecule has 0 fully saturated rings. The van der Waals surface area contributed by atoms with Crippen molar-refractivity contribution in [3.8, 4) is 5.75 Å². The van der Waals surface area contributed by atoms with Crippen LogP contribution in [0, 0.1) is 6.92 Å². The molecule has 0 radical (unpaired) electrons. The van der Waals surface area contributed by atoms with E-state index >= 15 is 0 Å². The fourth-order valence-electron chi connectivity index (χ4n) is 2.52. The Bertz CT molecular complexity index is 943. The van der Waals surface area contributed by atoms with Gasteiger partial charge in [0.1, 0.15) is 5.75 Å². The van der Waals surface area contributed by atoms with Crippen molar-refractivity contribution in [3.05, 3.63) is 70.0 Å². The van der Waals surface area contributed by atoms with E-state index in [9.17, 15) is 9.59 Å². The highest BCUT2D eigenvalue weighted by molar-refractivity contribution is 5.94. The van der Waals surface area contributed by atoms with E-state index in [4.69, 9.17) is 4.74 Å². The zero-order valence-corrected chi connectivity index (χ0v) is 13.6. The molecule has 0 saturated heterocycles. The maximum atomic E-state index is 12.2. The van der Waals surface area contributed by atoms with Gasteiger partial charge in [0.05, 0.1) is 19.0 Å². The van der Waals surface area contributed by atoms with E-state index in [1.165, 1.54) is 0 Å². The second-order valence-corrected chi connectivity index (χ2v) is 5.66. The minimum absolute atomic E-state index is 0.117. The Morgan fingerprint density at radius 3 is 2.58 bits per heavy atom. The van der Waals surface area contributed by atoms with E-state index in [0.29, 0.717) is 16.8 Å². The van der Waals surface area contributed by atoms with Gasteiger partial charge in [-0.25, -0.2) is 0 Å². The first-order valence-corrected chi connectivity index (χ1v) is 7.61. The fourth-order valence-corrected chi connectivity index (χ4v) is 2.52. The van der Waals surface area contributed by atoms with Crippen LogP contribution < -0.4 is 15.6 Å². The Balaban J connectivity index is 1.74. The van der Waals surface area contributed by atoms with Gasteiger partial charge in [0.15, 0.2) is 0 Å². The zero-order chi connectivity index (χ0) is 17.1. The van der Waals surface area contributed by atoms with Crippen LogP contribution in [0.15, 0.2) is 53.3 Å². The summed E-state index contributed by atoms with van der Waals surface area (Å²) in [6, 6.07) is 14.7. The van der Waals surface area contributed by atoms with E-state index in [1.807, 2.05) is 42.5 Å². The average molecular weight is 322 g/mol. The molecule has 24 heavy (non-hydrogen) atoms. The molecule has 1 amide bonds. The number of amides is 1. The van der Waals surface area contributed by atoms with E-state index in [-0.39, 0.29) is 17.9 Å². The number of carbonyl (C=O) groups excluding carboxylic acids is 1. The molecule has 0 spiro atoms. The summed E-state index contributed by atoms with van der Waals surface area (Å²) in [6.45, 7) is 1.77. The van der Waals surface area contributed by atoms with Crippen LogP contribution >= 0.6 is 0 Å². The summed E-state index contributed by atoms with van der Waals surface area (Å²) < 4.78 is 5.10. The molecule has 3 aromatic rings. The van der Waals surface area contributed by atoms with Crippen LogP contribution in [0.4, 0.5) is 5.69 Å². The summed E-state index contributed by atoms with van der Waals surface area (Å²) in [4.78, 5) is 26.7. The Hall–Kier alpha value is -3.08. The fraction of sp³-hybridized carbons (Fsp3) is 0.158. The molecule has 5 nitrogen and oxygen atoms in total. The first-order valence-electron chi connectivity index (χ1n) is 7.61. The minimum atomic E-state index is -0.121. The van der Waals surface area contributed by atoms with E-state index < -0.39 is 0 Å². The molecule has 2 N–H and O–H groups in total. The van der Waals surface area contributed by atoms with Crippen molar-refractivity contribution < 1.29 is 9.53 Å². The summed E-state index contributed by atoms with van der Waals surface area (Å²) in [6.07, 6.45) is 0.270. The Labute approximate surface area is 139 Å². The van der Waals surface area contributed by atoms with Crippen molar-refractivity contribution in [2.45, 2.75) is 13.3 Å². The lowest BCUT2D eigenvalue weighted by atomic mass is 10.1. The minimum Gasteiger partial charge on any atom is -0.497 e. The number of carbonyl (C=O) groups is 1. The second kappa shape index (κ2) is 6.58. The molecule has 3 rings (SSSR count). The zero-order valence-electron chi connectivity index (χ0n) is 13.6. The van der Waals surface area contributed by atoms with Crippen molar-refractivity contribution >= 4 is 22.5 Å². The summed E-state index contributed by atoms with van der Waals surface area (Å²) in [7, 11) is 1.60. The van der Waals surface area contributed by atoms with Crippen molar-refractivity contribution in [3.63, 3.8) is 0 Å². The molecule has 0 aliphatic heterocycles. The number of hydrogen-bond acceptors (Lipinski definition) is 3. The maximum Gasteiger partial charge on any atom is 0.251 e. The van der Waals surface area contributed by atoms with Crippen LogP contribution in [0.1, 0.15) is 11.1 Å². The molecule has 122 valence electrons. The molecule has 0 bridgehead atoms. The highest BCUT2D eigenvalue weighted by Crippen LogP contribution is 2.18. The molecule has 1 heterocycles. The number of nitrogens with one attached hydrogen (secondary N) is 2. The predicted molar refractivity (Wildman–Crippen MR) is 94.6 cm³/mol. The van der Waals surface area contributed by atoms with Crippen LogP contribution in [0.5, 0.6) is 5.75 Å². The molecule has 0 saturated carbocycles. The second-order valence-electron chi connectivity index (χ2n) is 5.66. The number of ether oxygens (including phenoxy) is 1. The molecular weight excluding hydrogens is 304 g/mol. The van der Waals surface area contributed by atoms with Crippen molar-refractivity contribution in [1.82, 2.24) is 4.98 Å². The molecular formula is C19H18N2O3. The van der Waals surface area contributed by atoms with Crippen LogP contribution in [0.3, 0.4) is 0 Å². The Morgan fingerprint density at radius 2 is 1.88 bits per heavy atom. The number of aryl methyl sites for hydroxylation is 1. The molecule has 2 aromatic carbocycles. The number of benzene rings is 2. The molecule has 0 aliphatic rings. The van der Waals surface area contributed by atoms with Gasteiger partial charge >= 0.3 is 0 Å². The highest BCUT2D eigenvalue weighted by atomic mass is 16.5. The summed E-state index contributed by atoms with van der Waals surface area (Å²) in [5.41, 5.74) is 2.80. The molecule has 0 atom stereocenters. The van der Waals surface area contributed by atoms with Gasteiger partial charge in [0.2, 0.25) is 5.91 Å². The first kappa shape index (κ1) is 15.8. The average Bonchev–Trinajstić information content (AvgIpc) is 2.57. The Kier molecular flexibility index (Phi) is 4.33. The monoisotopic (exact) mass is 322 g/mol. The molecule has 0 unspecified atom stereocenters. The quantitative estimate of drug-likeness (QED) is 0.775. The maximum absolute atomic E-state index is 12.2. The van der Waals surface area contributed by atoms with Crippen LogP contribution in [-0.2, 0) is 11.2 Å². The molecule has 5 heteroatoms. The summed E-state index contributed by atoms with van der Waals surface area (Å²) >= 11 is 0. The van der Waals surface area contributed by atoms with E-state index in [0.717, 1.165) is 16.7 Å². The van der Waals surface area contributed by atoms with Gasteiger partial charge < -0.3 is 15.0 Å². The summed E-state index contributed by atoms with van der Waals surface area (Å²) in [5.74, 6) is 0.641. The van der Waals surface area contributed by atoms with Crippen molar-refractivity contribution in [1.29, 1.82) is 0 Å². The first-order chi connectivity index (χ1) is 11.5. The number of H-pyrrole nitrogens is 1. The molecule has 1 aromatic heterocycles. The van der Waals surface area contributed by atoms with Gasteiger partial charge in [0, 0.05) is 11.3 Å². The van der Waals surface area contributed by atoms with Gasteiger partial charge in [-0.2, -0.15) is 0 Å². The number of aromatic nitrogens is 1. The number of rotatable bonds is 4. The number of anilines is 1. The number of pyridine rings is 1. The highest BCUT2D eigenvalue weighted by Gasteiger charge is 2.06. The van der Waals surface area contributed by atoms with E-state index in [1.54, 1.807) is 20.1 Å². The number of fused-ring (bicyclic) bond motifs is 1. The lowest BCUT2D eigenvalue weighted by molar-refractivity contribution is -0.115.